The average molecular weight is 351 g/mol. The van der Waals surface area contributed by atoms with E-state index in [1.54, 1.807) is 19.0 Å². The van der Waals surface area contributed by atoms with E-state index in [2.05, 4.69) is 15.6 Å². The third-order valence-electron chi connectivity index (χ3n) is 5.96. The molecule has 2 N–H and O–H groups in total. The zero-order valence-corrected chi connectivity index (χ0v) is 15.8. The largest absolute Gasteiger partial charge is 0.378 e. The van der Waals surface area contributed by atoms with Crippen LogP contribution >= 0.6 is 0 Å². The number of fused-ring (bicyclic) bond motifs is 2. The van der Waals surface area contributed by atoms with Gasteiger partial charge in [-0.2, -0.15) is 0 Å². The fraction of sp³-hybridized carbons (Fsp3) is 0.895. The number of ether oxygens (including phenoxy) is 1. The van der Waals surface area contributed by atoms with Gasteiger partial charge in [0.1, 0.15) is 6.54 Å². The third kappa shape index (κ3) is 5.33. The van der Waals surface area contributed by atoms with Gasteiger partial charge in [-0.1, -0.05) is 6.42 Å². The van der Waals surface area contributed by atoms with Crippen molar-refractivity contribution in [2.24, 2.45) is 16.8 Å². The monoisotopic (exact) mass is 350 g/mol. The van der Waals surface area contributed by atoms with Gasteiger partial charge in [0.05, 0.1) is 6.10 Å². The molecule has 6 nitrogen and oxygen atoms in total. The van der Waals surface area contributed by atoms with Crippen LogP contribution in [0.15, 0.2) is 4.99 Å². The molecule has 4 unspecified atom stereocenters. The molecule has 1 heterocycles. The predicted octanol–water partition coefficient (Wildman–Crippen LogP) is 1.76. The summed E-state index contributed by atoms with van der Waals surface area (Å²) in [5, 5.41) is 7.04. The van der Waals surface area contributed by atoms with Gasteiger partial charge in [0, 0.05) is 33.3 Å². The van der Waals surface area contributed by atoms with Crippen LogP contribution in [-0.4, -0.2) is 62.7 Å². The van der Waals surface area contributed by atoms with E-state index >= 15 is 0 Å². The Hall–Kier alpha value is -1.30. The minimum absolute atomic E-state index is 0.0321. The first-order valence-corrected chi connectivity index (χ1v) is 9.98. The van der Waals surface area contributed by atoms with Crippen LogP contribution in [0.5, 0.6) is 0 Å². The Morgan fingerprint density at radius 2 is 2.08 bits per heavy atom. The molecule has 0 aromatic rings. The highest BCUT2D eigenvalue weighted by molar-refractivity contribution is 5.85. The molecule has 0 aromatic carbocycles. The molecule has 142 valence electrons. The SMILES string of the molecule is CN(C)C(=O)CN=C(NCCC1CCCCO1)NC1CC2CCC1C2. The number of nitrogens with zero attached hydrogens (tertiary/aromatic N) is 2. The number of guanidine groups is 1. The minimum Gasteiger partial charge on any atom is -0.378 e. The van der Waals surface area contributed by atoms with Gasteiger partial charge in [0.2, 0.25) is 5.91 Å². The maximum Gasteiger partial charge on any atom is 0.243 e. The number of carbonyl (C=O) groups is 1. The fourth-order valence-electron chi connectivity index (χ4n) is 4.42. The predicted molar refractivity (Wildman–Crippen MR) is 99.6 cm³/mol. The van der Waals surface area contributed by atoms with E-state index < -0.39 is 0 Å². The van der Waals surface area contributed by atoms with Gasteiger partial charge in [-0.3, -0.25) is 4.79 Å². The van der Waals surface area contributed by atoms with Crippen LogP contribution in [0.4, 0.5) is 0 Å². The van der Waals surface area contributed by atoms with E-state index in [0.29, 0.717) is 12.1 Å². The summed E-state index contributed by atoms with van der Waals surface area (Å²) < 4.78 is 5.80. The molecular weight excluding hydrogens is 316 g/mol. The van der Waals surface area contributed by atoms with Crippen LogP contribution in [0, 0.1) is 11.8 Å². The number of rotatable bonds is 6. The second-order valence-corrected chi connectivity index (χ2v) is 8.08. The van der Waals surface area contributed by atoms with Crippen molar-refractivity contribution in [3.63, 3.8) is 0 Å². The number of aliphatic imine (C=N–C) groups is 1. The lowest BCUT2D eigenvalue weighted by Crippen LogP contribution is -2.46. The minimum atomic E-state index is 0.0321. The van der Waals surface area contributed by atoms with Crippen molar-refractivity contribution in [2.75, 3.05) is 33.8 Å². The highest BCUT2D eigenvalue weighted by Gasteiger charge is 2.39. The first-order valence-electron chi connectivity index (χ1n) is 9.98. The summed E-state index contributed by atoms with van der Waals surface area (Å²) in [5.74, 6) is 2.50. The van der Waals surface area contributed by atoms with Gasteiger partial charge in [-0.05, 0) is 56.8 Å². The van der Waals surface area contributed by atoms with E-state index in [1.165, 1.54) is 38.5 Å². The van der Waals surface area contributed by atoms with Crippen molar-refractivity contribution in [1.29, 1.82) is 0 Å². The molecule has 0 radical (unpaired) electrons. The quantitative estimate of drug-likeness (QED) is 0.566. The van der Waals surface area contributed by atoms with Crippen LogP contribution in [-0.2, 0) is 9.53 Å². The van der Waals surface area contributed by atoms with Crippen molar-refractivity contribution < 1.29 is 9.53 Å². The summed E-state index contributed by atoms with van der Waals surface area (Å²) in [6, 6.07) is 0.519. The second kappa shape index (κ2) is 8.88. The average Bonchev–Trinajstić information content (AvgIpc) is 3.23. The molecular formula is C19H34N4O2. The standard InChI is InChI=1S/C19H34N4O2/c1-23(2)18(24)13-21-19(20-9-8-16-5-3-4-10-25-16)22-17-12-14-6-7-15(17)11-14/h14-17H,3-13H2,1-2H3,(H2,20,21,22). The molecule has 2 aliphatic carbocycles. The highest BCUT2D eigenvalue weighted by atomic mass is 16.5. The van der Waals surface area contributed by atoms with Gasteiger partial charge in [-0.25, -0.2) is 4.99 Å². The Labute approximate surface area is 151 Å². The lowest BCUT2D eigenvalue weighted by molar-refractivity contribution is -0.127. The van der Waals surface area contributed by atoms with E-state index in [9.17, 15) is 4.79 Å². The summed E-state index contributed by atoms with van der Waals surface area (Å²) in [6.07, 6.45) is 10.3. The maximum atomic E-state index is 11.9. The van der Waals surface area contributed by atoms with Gasteiger partial charge in [0.25, 0.3) is 0 Å². The number of hydrogen-bond acceptors (Lipinski definition) is 3. The molecule has 1 amide bonds. The van der Waals surface area contributed by atoms with Crippen molar-refractivity contribution in [2.45, 2.75) is 63.5 Å². The van der Waals surface area contributed by atoms with Crippen molar-refractivity contribution >= 4 is 11.9 Å². The van der Waals surface area contributed by atoms with Crippen LogP contribution < -0.4 is 10.6 Å². The lowest BCUT2D eigenvalue weighted by atomic mass is 9.95. The number of nitrogens with one attached hydrogen (secondary N) is 2. The van der Waals surface area contributed by atoms with Crippen molar-refractivity contribution in [1.82, 2.24) is 15.5 Å². The normalized spacial score (nSPS) is 31.8. The zero-order valence-electron chi connectivity index (χ0n) is 15.8. The topological polar surface area (TPSA) is 66.0 Å². The van der Waals surface area contributed by atoms with Gasteiger partial charge in [0.15, 0.2) is 5.96 Å². The van der Waals surface area contributed by atoms with Crippen molar-refractivity contribution in [3.05, 3.63) is 0 Å². The first kappa shape index (κ1) is 18.5. The van der Waals surface area contributed by atoms with Crippen molar-refractivity contribution in [3.8, 4) is 0 Å². The molecule has 2 bridgehead atoms. The number of likely N-dealkylation sites (N-methyl/N-ethyl adjacent to an activating group) is 1. The number of amides is 1. The molecule has 1 aliphatic heterocycles. The first-order chi connectivity index (χ1) is 12.1. The molecule has 0 spiro atoms. The molecule has 6 heteroatoms. The van der Waals surface area contributed by atoms with E-state index in [-0.39, 0.29) is 12.5 Å². The number of hydrogen-bond donors (Lipinski definition) is 2. The van der Waals surface area contributed by atoms with E-state index in [1.807, 2.05) is 0 Å². The molecule has 0 aromatic heterocycles. The Kier molecular flexibility index (Phi) is 6.57. The molecule has 3 aliphatic rings. The molecule has 1 saturated heterocycles. The van der Waals surface area contributed by atoms with Crippen LogP contribution in [0.2, 0.25) is 0 Å². The zero-order chi connectivity index (χ0) is 17.6. The Morgan fingerprint density at radius 1 is 1.20 bits per heavy atom. The van der Waals surface area contributed by atoms with Crippen LogP contribution in [0.25, 0.3) is 0 Å². The molecule has 4 atom stereocenters. The Bertz CT molecular complexity index is 474. The van der Waals surface area contributed by atoms with E-state index in [4.69, 9.17) is 4.74 Å². The molecule has 25 heavy (non-hydrogen) atoms. The van der Waals surface area contributed by atoms with Gasteiger partial charge in [-0.15, -0.1) is 0 Å². The number of carbonyl (C=O) groups excluding carboxylic acids is 1. The van der Waals surface area contributed by atoms with Crippen LogP contribution in [0.1, 0.15) is 51.4 Å². The molecule has 3 fully saturated rings. The van der Waals surface area contributed by atoms with Gasteiger partial charge < -0.3 is 20.3 Å². The van der Waals surface area contributed by atoms with E-state index in [0.717, 1.165) is 43.8 Å². The molecule has 3 rings (SSSR count). The second-order valence-electron chi connectivity index (χ2n) is 8.08. The molecule has 2 saturated carbocycles. The summed E-state index contributed by atoms with van der Waals surface area (Å²) >= 11 is 0. The fourth-order valence-corrected chi connectivity index (χ4v) is 4.42. The summed E-state index contributed by atoms with van der Waals surface area (Å²) in [6.45, 7) is 1.93. The smallest absolute Gasteiger partial charge is 0.243 e. The Morgan fingerprint density at radius 3 is 2.72 bits per heavy atom. The summed E-state index contributed by atoms with van der Waals surface area (Å²) in [7, 11) is 3.55. The third-order valence-corrected chi connectivity index (χ3v) is 5.96. The maximum absolute atomic E-state index is 11.9. The lowest BCUT2D eigenvalue weighted by Gasteiger charge is -2.26. The summed E-state index contributed by atoms with van der Waals surface area (Å²) in [5.41, 5.74) is 0. The van der Waals surface area contributed by atoms with Gasteiger partial charge >= 0.3 is 0 Å². The van der Waals surface area contributed by atoms with Crippen LogP contribution in [0.3, 0.4) is 0 Å². The summed E-state index contributed by atoms with van der Waals surface area (Å²) in [4.78, 5) is 18.0. The highest BCUT2D eigenvalue weighted by Crippen LogP contribution is 2.44. The Balaban J connectivity index is 1.50.